The lowest BCUT2D eigenvalue weighted by molar-refractivity contribution is -0.384. The monoisotopic (exact) mass is 211 g/mol. The Morgan fingerprint density at radius 2 is 2.00 bits per heavy atom. The molecule has 0 unspecified atom stereocenters. The molecule has 1 aromatic rings. The van der Waals surface area contributed by atoms with Crippen LogP contribution < -0.4 is 10.8 Å². The van der Waals surface area contributed by atoms with E-state index in [0.29, 0.717) is 13.1 Å². The van der Waals surface area contributed by atoms with Crippen molar-refractivity contribution in [2.24, 2.45) is 0 Å². The first kappa shape index (κ1) is 11.4. The molecular formula is C9H13N3O3. The summed E-state index contributed by atoms with van der Waals surface area (Å²) in [5, 5.41) is 13.5. The van der Waals surface area contributed by atoms with Crippen LogP contribution in [0.2, 0.25) is 0 Å². The van der Waals surface area contributed by atoms with Gasteiger partial charge in [0.05, 0.1) is 12.0 Å². The van der Waals surface area contributed by atoms with Crippen molar-refractivity contribution in [1.82, 2.24) is 5.48 Å². The molecule has 6 nitrogen and oxygen atoms in total. The van der Waals surface area contributed by atoms with Crippen LogP contribution in [-0.4, -0.2) is 25.1 Å². The van der Waals surface area contributed by atoms with Gasteiger partial charge in [-0.25, -0.2) is 5.48 Å². The minimum Gasteiger partial charge on any atom is -0.384 e. The average Bonchev–Trinajstić information content (AvgIpc) is 2.25. The van der Waals surface area contributed by atoms with E-state index >= 15 is 0 Å². The zero-order valence-corrected chi connectivity index (χ0v) is 8.40. The van der Waals surface area contributed by atoms with E-state index in [2.05, 4.69) is 15.6 Å². The third-order valence-corrected chi connectivity index (χ3v) is 1.78. The molecule has 0 saturated heterocycles. The Labute approximate surface area is 87.3 Å². The molecule has 0 heterocycles. The van der Waals surface area contributed by atoms with Gasteiger partial charge in [-0.2, -0.15) is 0 Å². The summed E-state index contributed by atoms with van der Waals surface area (Å²) < 4.78 is 0. The highest BCUT2D eigenvalue weighted by Crippen LogP contribution is 2.14. The number of hydroxylamine groups is 1. The van der Waals surface area contributed by atoms with Crippen molar-refractivity contribution >= 4 is 11.4 Å². The van der Waals surface area contributed by atoms with Gasteiger partial charge in [-0.3, -0.25) is 10.1 Å². The summed E-state index contributed by atoms with van der Waals surface area (Å²) in [6, 6.07) is 6.27. The smallest absolute Gasteiger partial charge is 0.269 e. The molecule has 6 heteroatoms. The molecular weight excluding hydrogens is 198 g/mol. The molecule has 0 spiro atoms. The van der Waals surface area contributed by atoms with Crippen LogP contribution in [0.4, 0.5) is 11.4 Å². The normalized spacial score (nSPS) is 9.93. The van der Waals surface area contributed by atoms with Crippen molar-refractivity contribution in [2.75, 3.05) is 25.5 Å². The number of benzene rings is 1. The van der Waals surface area contributed by atoms with Gasteiger partial charge >= 0.3 is 0 Å². The zero-order valence-electron chi connectivity index (χ0n) is 8.40. The van der Waals surface area contributed by atoms with Gasteiger partial charge in [0.1, 0.15) is 0 Å². The van der Waals surface area contributed by atoms with Crippen LogP contribution in [-0.2, 0) is 4.84 Å². The topological polar surface area (TPSA) is 76.4 Å². The summed E-state index contributed by atoms with van der Waals surface area (Å²) >= 11 is 0. The fraction of sp³-hybridized carbons (Fsp3) is 0.333. The van der Waals surface area contributed by atoms with Gasteiger partial charge in [0.2, 0.25) is 0 Å². The fourth-order valence-corrected chi connectivity index (χ4v) is 1.06. The van der Waals surface area contributed by atoms with Crippen LogP contribution in [0.3, 0.4) is 0 Å². The number of non-ortho nitro benzene ring substituents is 1. The second-order valence-corrected chi connectivity index (χ2v) is 2.83. The maximum atomic E-state index is 10.4. The zero-order chi connectivity index (χ0) is 11.1. The minimum absolute atomic E-state index is 0.0931. The molecule has 0 saturated carbocycles. The Balaban J connectivity index is 2.39. The summed E-state index contributed by atoms with van der Waals surface area (Å²) in [4.78, 5) is 14.6. The van der Waals surface area contributed by atoms with E-state index in [9.17, 15) is 10.1 Å². The van der Waals surface area contributed by atoms with Crippen LogP contribution in [0.25, 0.3) is 0 Å². The summed E-state index contributed by atoms with van der Waals surface area (Å²) in [6.07, 6.45) is 0. The van der Waals surface area contributed by atoms with Crippen LogP contribution >= 0.6 is 0 Å². The molecule has 0 aliphatic carbocycles. The first-order chi connectivity index (χ1) is 7.24. The van der Waals surface area contributed by atoms with E-state index in [1.165, 1.54) is 12.1 Å². The number of nitro groups is 1. The van der Waals surface area contributed by atoms with E-state index in [-0.39, 0.29) is 5.69 Å². The van der Waals surface area contributed by atoms with Gasteiger partial charge < -0.3 is 10.2 Å². The predicted octanol–water partition coefficient (Wildman–Crippen LogP) is 1.16. The van der Waals surface area contributed by atoms with E-state index < -0.39 is 4.92 Å². The van der Waals surface area contributed by atoms with Gasteiger partial charge in [0, 0.05) is 30.9 Å². The van der Waals surface area contributed by atoms with Gasteiger partial charge in [-0.1, -0.05) is 0 Å². The highest BCUT2D eigenvalue weighted by molar-refractivity contribution is 5.48. The SMILES string of the molecule is CONCCNc1ccc([N+](=O)[O-])cc1. The van der Waals surface area contributed by atoms with Crippen LogP contribution in [0.1, 0.15) is 0 Å². The van der Waals surface area contributed by atoms with Gasteiger partial charge in [0.15, 0.2) is 0 Å². The molecule has 1 rings (SSSR count). The molecule has 0 radical (unpaired) electrons. The fourth-order valence-electron chi connectivity index (χ4n) is 1.06. The largest absolute Gasteiger partial charge is 0.384 e. The lowest BCUT2D eigenvalue weighted by Gasteiger charge is -2.05. The lowest BCUT2D eigenvalue weighted by atomic mass is 10.3. The van der Waals surface area contributed by atoms with Gasteiger partial charge in [-0.05, 0) is 12.1 Å². The lowest BCUT2D eigenvalue weighted by Crippen LogP contribution is -2.20. The first-order valence-electron chi connectivity index (χ1n) is 4.48. The Morgan fingerprint density at radius 1 is 1.33 bits per heavy atom. The molecule has 0 bridgehead atoms. The van der Waals surface area contributed by atoms with E-state index in [0.717, 1.165) is 5.69 Å². The first-order valence-corrected chi connectivity index (χ1v) is 4.48. The second-order valence-electron chi connectivity index (χ2n) is 2.83. The van der Waals surface area contributed by atoms with Crippen molar-refractivity contribution in [3.63, 3.8) is 0 Å². The maximum absolute atomic E-state index is 10.4. The van der Waals surface area contributed by atoms with Crippen molar-refractivity contribution in [3.8, 4) is 0 Å². The third kappa shape index (κ3) is 3.92. The number of nitrogens with one attached hydrogen (secondary N) is 2. The highest BCUT2D eigenvalue weighted by atomic mass is 16.6. The summed E-state index contributed by atoms with van der Waals surface area (Å²) in [5.74, 6) is 0. The van der Waals surface area contributed by atoms with Crippen LogP contribution in [0.15, 0.2) is 24.3 Å². The number of nitro benzene ring substituents is 1. The van der Waals surface area contributed by atoms with Crippen molar-refractivity contribution in [2.45, 2.75) is 0 Å². The Bertz CT molecular complexity index is 313. The summed E-state index contributed by atoms with van der Waals surface area (Å²) in [7, 11) is 1.55. The molecule has 0 aliphatic heterocycles. The maximum Gasteiger partial charge on any atom is 0.269 e. The summed E-state index contributed by atoms with van der Waals surface area (Å²) in [6.45, 7) is 1.35. The van der Waals surface area contributed by atoms with Crippen LogP contribution in [0.5, 0.6) is 0 Å². The Kier molecular flexibility index (Phi) is 4.52. The minimum atomic E-state index is -0.420. The predicted molar refractivity (Wildman–Crippen MR) is 56.6 cm³/mol. The molecule has 2 N–H and O–H groups in total. The molecule has 0 aliphatic rings. The van der Waals surface area contributed by atoms with Crippen LogP contribution in [0, 0.1) is 10.1 Å². The number of anilines is 1. The second kappa shape index (κ2) is 5.94. The quantitative estimate of drug-likeness (QED) is 0.419. The molecule has 0 fully saturated rings. The molecule has 0 amide bonds. The number of rotatable bonds is 6. The molecule has 0 atom stereocenters. The van der Waals surface area contributed by atoms with Crippen molar-refractivity contribution in [3.05, 3.63) is 34.4 Å². The van der Waals surface area contributed by atoms with Gasteiger partial charge in [0.25, 0.3) is 5.69 Å². The number of hydrogen-bond acceptors (Lipinski definition) is 5. The Hall–Kier alpha value is -1.66. The van der Waals surface area contributed by atoms with Crippen molar-refractivity contribution in [1.29, 1.82) is 0 Å². The molecule has 1 aromatic carbocycles. The van der Waals surface area contributed by atoms with Gasteiger partial charge in [-0.15, -0.1) is 0 Å². The van der Waals surface area contributed by atoms with E-state index in [1.54, 1.807) is 19.2 Å². The molecule has 0 aromatic heterocycles. The van der Waals surface area contributed by atoms with Crippen molar-refractivity contribution < 1.29 is 9.76 Å². The summed E-state index contributed by atoms with van der Waals surface area (Å²) in [5.41, 5.74) is 3.62. The number of nitrogens with zero attached hydrogens (tertiary/aromatic N) is 1. The van der Waals surface area contributed by atoms with E-state index in [4.69, 9.17) is 0 Å². The standard InChI is InChI=1S/C9H13N3O3/c1-15-11-7-6-10-8-2-4-9(5-3-8)12(13)14/h2-5,10-11H,6-7H2,1H3. The average molecular weight is 211 g/mol. The number of hydrogen-bond donors (Lipinski definition) is 2. The van der Waals surface area contributed by atoms with E-state index in [1.807, 2.05) is 0 Å². The molecule has 82 valence electrons. The third-order valence-electron chi connectivity index (χ3n) is 1.78. The Morgan fingerprint density at radius 3 is 2.53 bits per heavy atom. The highest BCUT2D eigenvalue weighted by Gasteiger charge is 2.02. The molecule has 15 heavy (non-hydrogen) atoms.